The second-order valence-electron chi connectivity index (χ2n) is 4.63. The Balaban J connectivity index is 1.77. The van der Waals surface area contributed by atoms with Crippen molar-refractivity contribution >= 4 is 35.4 Å². The number of hydrogen-bond donors (Lipinski definition) is 0. The van der Waals surface area contributed by atoms with E-state index in [9.17, 15) is 4.79 Å². The van der Waals surface area contributed by atoms with E-state index in [1.165, 1.54) is 5.56 Å². The summed E-state index contributed by atoms with van der Waals surface area (Å²) >= 11 is 1.55. The Labute approximate surface area is 126 Å². The van der Waals surface area contributed by atoms with Gasteiger partial charge in [-0.2, -0.15) is 0 Å². The predicted octanol–water partition coefficient (Wildman–Crippen LogP) is 4.07. The standard InChI is InChI=1S/C17H13NO2S/c1-12-4-6-13(7-5-12)8-9-16-18-15(17(19)20-16)11-14-3-2-10-21-14/h2-11H,1H3/b9-8+,15-11-. The third-order valence-corrected chi connectivity index (χ3v) is 3.77. The minimum atomic E-state index is -0.410. The number of aryl methyl sites for hydroxylation is 1. The van der Waals surface area contributed by atoms with Gasteiger partial charge in [0.15, 0.2) is 5.70 Å². The highest BCUT2D eigenvalue weighted by Gasteiger charge is 2.21. The van der Waals surface area contributed by atoms with Gasteiger partial charge < -0.3 is 4.74 Å². The summed E-state index contributed by atoms with van der Waals surface area (Å²) in [6.45, 7) is 2.04. The number of nitrogens with zero attached hydrogens (tertiary/aromatic N) is 1. The van der Waals surface area contributed by atoms with Gasteiger partial charge in [-0.1, -0.05) is 35.9 Å². The smallest absolute Gasteiger partial charge is 0.363 e. The average Bonchev–Trinajstić information content (AvgIpc) is 3.10. The first-order chi connectivity index (χ1) is 10.2. The number of aliphatic imine (C=N–C) groups is 1. The van der Waals surface area contributed by atoms with E-state index >= 15 is 0 Å². The molecule has 0 amide bonds. The van der Waals surface area contributed by atoms with Gasteiger partial charge in [0.05, 0.1) is 0 Å². The molecule has 2 aromatic rings. The summed E-state index contributed by atoms with van der Waals surface area (Å²) < 4.78 is 5.13. The number of carbonyl (C=O) groups is 1. The maximum absolute atomic E-state index is 11.7. The molecule has 0 unspecified atom stereocenters. The zero-order valence-corrected chi connectivity index (χ0v) is 12.3. The van der Waals surface area contributed by atoms with E-state index in [0.29, 0.717) is 11.6 Å². The van der Waals surface area contributed by atoms with Crippen LogP contribution in [0, 0.1) is 6.92 Å². The molecule has 0 N–H and O–H groups in total. The van der Waals surface area contributed by atoms with Crippen LogP contribution >= 0.6 is 11.3 Å². The normalized spacial score (nSPS) is 16.5. The molecule has 1 aromatic heterocycles. The molecule has 21 heavy (non-hydrogen) atoms. The van der Waals surface area contributed by atoms with Gasteiger partial charge in [0.25, 0.3) is 0 Å². The van der Waals surface area contributed by atoms with Crippen LogP contribution in [0.4, 0.5) is 0 Å². The predicted molar refractivity (Wildman–Crippen MR) is 86.0 cm³/mol. The second kappa shape index (κ2) is 5.89. The summed E-state index contributed by atoms with van der Waals surface area (Å²) in [5, 5.41) is 1.95. The van der Waals surface area contributed by atoms with Crippen molar-refractivity contribution in [3.05, 3.63) is 69.6 Å². The molecule has 1 aliphatic heterocycles. The summed E-state index contributed by atoms with van der Waals surface area (Å²) in [7, 11) is 0. The molecular formula is C17H13NO2S. The van der Waals surface area contributed by atoms with Gasteiger partial charge >= 0.3 is 5.97 Å². The maximum Gasteiger partial charge on any atom is 0.363 e. The number of ether oxygens (including phenoxy) is 1. The Kier molecular flexibility index (Phi) is 3.79. The lowest BCUT2D eigenvalue weighted by Crippen LogP contribution is -2.00. The number of esters is 1. The first-order valence-corrected chi connectivity index (χ1v) is 7.39. The summed E-state index contributed by atoms with van der Waals surface area (Å²) in [4.78, 5) is 16.9. The third-order valence-electron chi connectivity index (χ3n) is 2.95. The number of thiophene rings is 1. The molecule has 104 valence electrons. The zero-order chi connectivity index (χ0) is 14.7. The average molecular weight is 295 g/mol. The summed E-state index contributed by atoms with van der Waals surface area (Å²) in [6, 6.07) is 11.9. The molecule has 0 atom stereocenters. The lowest BCUT2D eigenvalue weighted by Gasteiger charge is -1.94. The zero-order valence-electron chi connectivity index (χ0n) is 11.4. The molecular weight excluding hydrogens is 282 g/mol. The minimum absolute atomic E-state index is 0.323. The molecule has 0 saturated carbocycles. The van der Waals surface area contributed by atoms with Crippen LogP contribution in [0.1, 0.15) is 16.0 Å². The van der Waals surface area contributed by atoms with Gasteiger partial charge in [-0.25, -0.2) is 9.79 Å². The number of benzene rings is 1. The Bertz CT molecular complexity index is 738. The van der Waals surface area contributed by atoms with E-state index < -0.39 is 5.97 Å². The van der Waals surface area contributed by atoms with Crippen LogP contribution < -0.4 is 0 Å². The van der Waals surface area contributed by atoms with Crippen LogP contribution in [0.3, 0.4) is 0 Å². The van der Waals surface area contributed by atoms with E-state index in [0.717, 1.165) is 10.4 Å². The summed E-state index contributed by atoms with van der Waals surface area (Å²) in [5.41, 5.74) is 2.58. The van der Waals surface area contributed by atoms with Gasteiger partial charge in [0.2, 0.25) is 5.90 Å². The number of hydrogen-bond acceptors (Lipinski definition) is 4. The van der Waals surface area contributed by atoms with E-state index in [4.69, 9.17) is 4.74 Å². The van der Waals surface area contributed by atoms with Gasteiger partial charge in [0, 0.05) is 11.0 Å². The van der Waals surface area contributed by atoms with Gasteiger partial charge in [-0.05, 0) is 36.1 Å². The van der Waals surface area contributed by atoms with Gasteiger partial charge in [-0.3, -0.25) is 0 Å². The Morgan fingerprint density at radius 2 is 1.95 bits per heavy atom. The van der Waals surface area contributed by atoms with Crippen molar-refractivity contribution in [3.63, 3.8) is 0 Å². The van der Waals surface area contributed by atoms with Crippen LogP contribution in [0.15, 0.2) is 58.5 Å². The molecule has 2 heterocycles. The van der Waals surface area contributed by atoms with Crippen molar-refractivity contribution < 1.29 is 9.53 Å². The van der Waals surface area contributed by atoms with Gasteiger partial charge in [-0.15, -0.1) is 11.3 Å². The maximum atomic E-state index is 11.7. The minimum Gasteiger partial charge on any atom is -0.403 e. The summed E-state index contributed by atoms with van der Waals surface area (Å²) in [6.07, 6.45) is 5.32. The lowest BCUT2D eigenvalue weighted by molar-refractivity contribution is -0.129. The highest BCUT2D eigenvalue weighted by Crippen LogP contribution is 2.19. The molecule has 0 spiro atoms. The van der Waals surface area contributed by atoms with E-state index in [-0.39, 0.29) is 0 Å². The van der Waals surface area contributed by atoms with E-state index in [2.05, 4.69) is 4.99 Å². The van der Waals surface area contributed by atoms with Crippen LogP contribution in [0.2, 0.25) is 0 Å². The summed E-state index contributed by atoms with van der Waals surface area (Å²) in [5.74, 6) is -0.0877. The van der Waals surface area contributed by atoms with E-state index in [1.807, 2.05) is 54.8 Å². The number of cyclic esters (lactones) is 1. The first-order valence-electron chi connectivity index (χ1n) is 6.51. The third kappa shape index (κ3) is 3.35. The van der Waals surface area contributed by atoms with Crippen molar-refractivity contribution in [1.29, 1.82) is 0 Å². The van der Waals surface area contributed by atoms with Crippen molar-refractivity contribution in [3.8, 4) is 0 Å². The Morgan fingerprint density at radius 3 is 2.67 bits per heavy atom. The van der Waals surface area contributed by atoms with Crippen LogP contribution in [-0.4, -0.2) is 11.9 Å². The van der Waals surface area contributed by atoms with Gasteiger partial charge in [0.1, 0.15) is 0 Å². The molecule has 3 nitrogen and oxygen atoms in total. The molecule has 4 heteroatoms. The number of carbonyl (C=O) groups excluding carboxylic acids is 1. The highest BCUT2D eigenvalue weighted by atomic mass is 32.1. The van der Waals surface area contributed by atoms with Crippen molar-refractivity contribution in [1.82, 2.24) is 0 Å². The number of rotatable bonds is 3. The fraction of sp³-hybridized carbons (Fsp3) is 0.0588. The van der Waals surface area contributed by atoms with Crippen LogP contribution in [0.25, 0.3) is 12.2 Å². The Hall–Kier alpha value is -2.46. The van der Waals surface area contributed by atoms with E-state index in [1.54, 1.807) is 23.5 Å². The molecule has 1 aromatic carbocycles. The molecule has 0 radical (unpaired) electrons. The highest BCUT2D eigenvalue weighted by molar-refractivity contribution is 7.10. The largest absolute Gasteiger partial charge is 0.403 e. The molecule has 0 bridgehead atoms. The molecule has 0 saturated heterocycles. The quantitative estimate of drug-likeness (QED) is 0.632. The molecule has 3 rings (SSSR count). The fourth-order valence-electron chi connectivity index (χ4n) is 1.85. The molecule has 0 fully saturated rings. The first kappa shape index (κ1) is 13.5. The van der Waals surface area contributed by atoms with Crippen molar-refractivity contribution in [2.45, 2.75) is 6.92 Å². The Morgan fingerprint density at radius 1 is 1.14 bits per heavy atom. The SMILES string of the molecule is Cc1ccc(/C=C/C2=NC(=C\c3cccs3)/C(=O)O2)cc1. The topological polar surface area (TPSA) is 38.7 Å². The van der Waals surface area contributed by atoms with Crippen LogP contribution in [-0.2, 0) is 9.53 Å². The molecule has 0 aliphatic carbocycles. The van der Waals surface area contributed by atoms with Crippen molar-refractivity contribution in [2.24, 2.45) is 4.99 Å². The van der Waals surface area contributed by atoms with Crippen molar-refractivity contribution in [2.75, 3.05) is 0 Å². The molecule has 1 aliphatic rings. The van der Waals surface area contributed by atoms with Crippen LogP contribution in [0.5, 0.6) is 0 Å². The second-order valence-corrected chi connectivity index (χ2v) is 5.61. The fourth-order valence-corrected chi connectivity index (χ4v) is 2.50. The monoisotopic (exact) mass is 295 g/mol. The lowest BCUT2D eigenvalue weighted by atomic mass is 10.1.